The Balaban J connectivity index is 1.61. The summed E-state index contributed by atoms with van der Waals surface area (Å²) in [6.07, 6.45) is 1.51. The molecular formula is C30H25NO6. The van der Waals surface area contributed by atoms with Crippen LogP contribution in [0.2, 0.25) is 0 Å². The Morgan fingerprint density at radius 1 is 0.892 bits per heavy atom. The van der Waals surface area contributed by atoms with E-state index in [0.29, 0.717) is 40.7 Å². The van der Waals surface area contributed by atoms with E-state index >= 15 is 0 Å². The summed E-state index contributed by atoms with van der Waals surface area (Å²) in [5.41, 5.74) is 0.979. The van der Waals surface area contributed by atoms with Gasteiger partial charge in [0.15, 0.2) is 0 Å². The number of benzene rings is 3. The average Bonchev–Trinajstić information content (AvgIpc) is 3.52. The Morgan fingerprint density at radius 2 is 1.65 bits per heavy atom. The molecule has 4 aromatic rings. The van der Waals surface area contributed by atoms with Gasteiger partial charge in [0.05, 0.1) is 31.0 Å². The number of ketones is 1. The quantitative estimate of drug-likeness (QED) is 0.181. The molecule has 186 valence electrons. The van der Waals surface area contributed by atoms with Crippen LogP contribution in [0.4, 0.5) is 0 Å². The van der Waals surface area contributed by atoms with Crippen LogP contribution in [-0.2, 0) is 16.1 Å². The summed E-state index contributed by atoms with van der Waals surface area (Å²) in [7, 11) is 0. The minimum Gasteiger partial charge on any atom is -0.507 e. The second-order valence-corrected chi connectivity index (χ2v) is 8.45. The number of amides is 1. The number of Topliss-reactive ketones (excluding diaryl/α,β-unsaturated/α-hetero) is 1. The Labute approximate surface area is 214 Å². The minimum atomic E-state index is -0.861. The molecule has 37 heavy (non-hydrogen) atoms. The van der Waals surface area contributed by atoms with Crippen molar-refractivity contribution in [3.8, 4) is 17.2 Å². The summed E-state index contributed by atoms with van der Waals surface area (Å²) < 4.78 is 17.0. The number of aliphatic hydroxyl groups is 1. The number of likely N-dealkylation sites (tertiary alicyclic amines) is 1. The van der Waals surface area contributed by atoms with Crippen molar-refractivity contribution in [1.82, 2.24) is 4.90 Å². The van der Waals surface area contributed by atoms with Gasteiger partial charge in [0, 0.05) is 5.56 Å². The number of hydrogen-bond donors (Lipinski definition) is 1. The third-order valence-corrected chi connectivity index (χ3v) is 6.02. The lowest BCUT2D eigenvalue weighted by Crippen LogP contribution is -2.29. The zero-order valence-electron chi connectivity index (χ0n) is 20.2. The number of carbonyl (C=O) groups is 2. The Kier molecular flexibility index (Phi) is 6.76. The number of ether oxygens (including phenoxy) is 2. The fraction of sp³-hybridized carbons (Fsp3) is 0.133. The van der Waals surface area contributed by atoms with Crippen molar-refractivity contribution in [3.63, 3.8) is 0 Å². The van der Waals surface area contributed by atoms with Gasteiger partial charge in [-0.15, -0.1) is 0 Å². The molecule has 1 fully saturated rings. The van der Waals surface area contributed by atoms with E-state index in [9.17, 15) is 14.7 Å². The third-order valence-electron chi connectivity index (χ3n) is 6.02. The number of nitrogens with zero attached hydrogens (tertiary/aromatic N) is 1. The lowest BCUT2D eigenvalue weighted by molar-refractivity contribution is -0.140. The molecular weight excluding hydrogens is 470 g/mol. The minimum absolute atomic E-state index is 0.0120. The van der Waals surface area contributed by atoms with Gasteiger partial charge in [-0.2, -0.15) is 0 Å². The largest absolute Gasteiger partial charge is 0.507 e. The predicted molar refractivity (Wildman–Crippen MR) is 137 cm³/mol. The van der Waals surface area contributed by atoms with Crippen LogP contribution in [0.15, 0.2) is 107 Å². The lowest BCUT2D eigenvalue weighted by Gasteiger charge is -2.25. The first-order chi connectivity index (χ1) is 18.0. The monoisotopic (exact) mass is 495 g/mol. The van der Waals surface area contributed by atoms with Crippen molar-refractivity contribution in [2.45, 2.75) is 19.5 Å². The van der Waals surface area contributed by atoms with Crippen LogP contribution in [0.3, 0.4) is 0 Å². The Bertz CT molecular complexity index is 1440. The molecule has 1 N–H and O–H groups in total. The fourth-order valence-electron chi connectivity index (χ4n) is 4.39. The van der Waals surface area contributed by atoms with Gasteiger partial charge in [-0.1, -0.05) is 42.5 Å². The van der Waals surface area contributed by atoms with E-state index in [1.807, 2.05) is 37.3 Å². The zero-order valence-corrected chi connectivity index (χ0v) is 20.2. The second-order valence-electron chi connectivity index (χ2n) is 8.45. The van der Waals surface area contributed by atoms with E-state index in [-0.39, 0.29) is 17.9 Å². The predicted octanol–water partition coefficient (Wildman–Crippen LogP) is 6.09. The van der Waals surface area contributed by atoms with Gasteiger partial charge in [-0.05, 0) is 61.0 Å². The maximum absolute atomic E-state index is 13.3. The highest BCUT2D eigenvalue weighted by Crippen LogP contribution is 2.41. The van der Waals surface area contributed by atoms with Crippen LogP contribution in [0.25, 0.3) is 5.76 Å². The van der Waals surface area contributed by atoms with Crippen LogP contribution in [-0.4, -0.2) is 28.3 Å². The van der Waals surface area contributed by atoms with Gasteiger partial charge in [0.1, 0.15) is 28.8 Å². The Hall–Kier alpha value is -4.78. The van der Waals surface area contributed by atoms with Crippen LogP contribution in [0, 0.1) is 0 Å². The van der Waals surface area contributed by atoms with Gasteiger partial charge in [-0.3, -0.25) is 9.59 Å². The smallest absolute Gasteiger partial charge is 0.296 e. The molecule has 5 rings (SSSR count). The van der Waals surface area contributed by atoms with Gasteiger partial charge in [0.25, 0.3) is 11.7 Å². The van der Waals surface area contributed by atoms with Crippen LogP contribution in [0.5, 0.6) is 17.2 Å². The van der Waals surface area contributed by atoms with Crippen LogP contribution >= 0.6 is 0 Å². The number of rotatable bonds is 8. The first-order valence-corrected chi connectivity index (χ1v) is 11.9. The summed E-state index contributed by atoms with van der Waals surface area (Å²) >= 11 is 0. The SMILES string of the molecule is CCOc1cccc(C(O)=C2C(=O)C(=O)N(Cc3ccco3)C2c2cccc(Oc3ccccc3)c2)c1. The van der Waals surface area contributed by atoms with Crippen LogP contribution < -0.4 is 9.47 Å². The number of hydrogen-bond acceptors (Lipinski definition) is 6. The third kappa shape index (κ3) is 4.97. The van der Waals surface area contributed by atoms with Crippen molar-refractivity contribution < 1.29 is 28.6 Å². The van der Waals surface area contributed by atoms with Crippen molar-refractivity contribution in [2.75, 3.05) is 6.61 Å². The molecule has 0 aliphatic carbocycles. The molecule has 7 heteroatoms. The highest BCUT2D eigenvalue weighted by molar-refractivity contribution is 6.46. The van der Waals surface area contributed by atoms with Crippen LogP contribution in [0.1, 0.15) is 29.9 Å². The van der Waals surface area contributed by atoms with E-state index in [0.717, 1.165) is 0 Å². The van der Waals surface area contributed by atoms with Gasteiger partial charge < -0.3 is 23.9 Å². The van der Waals surface area contributed by atoms with E-state index in [4.69, 9.17) is 13.9 Å². The van der Waals surface area contributed by atoms with Gasteiger partial charge in [-0.25, -0.2) is 0 Å². The van der Waals surface area contributed by atoms with Gasteiger partial charge in [0.2, 0.25) is 0 Å². The first-order valence-electron chi connectivity index (χ1n) is 11.9. The molecule has 0 radical (unpaired) electrons. The van der Waals surface area contributed by atoms with Crippen molar-refractivity contribution in [2.24, 2.45) is 0 Å². The topological polar surface area (TPSA) is 89.2 Å². The molecule has 0 saturated carbocycles. The molecule has 1 unspecified atom stereocenters. The summed E-state index contributed by atoms with van der Waals surface area (Å²) in [6.45, 7) is 2.37. The van der Waals surface area contributed by atoms with Crippen molar-refractivity contribution >= 4 is 17.4 Å². The number of furan rings is 1. The number of carbonyl (C=O) groups excluding carboxylic acids is 2. The molecule has 3 aromatic carbocycles. The molecule has 0 spiro atoms. The van der Waals surface area contributed by atoms with Gasteiger partial charge >= 0.3 is 0 Å². The Morgan fingerprint density at radius 3 is 2.41 bits per heavy atom. The molecule has 2 heterocycles. The summed E-state index contributed by atoms with van der Waals surface area (Å²) in [5.74, 6) is 0.473. The first kappa shape index (κ1) is 23.9. The molecule has 1 atom stereocenters. The number of para-hydroxylation sites is 1. The van der Waals surface area contributed by atoms with Crippen molar-refractivity contribution in [3.05, 3.63) is 120 Å². The molecule has 1 aromatic heterocycles. The maximum Gasteiger partial charge on any atom is 0.296 e. The van der Waals surface area contributed by atoms with Crippen molar-refractivity contribution in [1.29, 1.82) is 0 Å². The fourth-order valence-corrected chi connectivity index (χ4v) is 4.39. The lowest BCUT2D eigenvalue weighted by atomic mass is 9.95. The van der Waals surface area contributed by atoms with E-state index in [2.05, 4.69) is 0 Å². The van der Waals surface area contributed by atoms with E-state index < -0.39 is 17.7 Å². The molecule has 1 aliphatic heterocycles. The highest BCUT2D eigenvalue weighted by Gasteiger charge is 2.46. The summed E-state index contributed by atoms with van der Waals surface area (Å²) in [4.78, 5) is 28.0. The summed E-state index contributed by atoms with van der Waals surface area (Å²) in [6, 6.07) is 25.8. The standard InChI is InChI=1S/C30H25NO6/c1-2-35-23-13-7-10-21(18-23)28(32)26-27(31(30(34)29(26)33)19-25-15-8-16-36-25)20-9-6-14-24(17-20)37-22-11-4-3-5-12-22/h3-18,27,32H,2,19H2,1H3. The maximum atomic E-state index is 13.3. The van der Waals surface area contributed by atoms with E-state index in [1.165, 1.54) is 11.2 Å². The number of aliphatic hydroxyl groups excluding tert-OH is 1. The average molecular weight is 496 g/mol. The normalized spacial score (nSPS) is 16.7. The molecule has 1 aliphatic rings. The van der Waals surface area contributed by atoms with E-state index in [1.54, 1.807) is 60.7 Å². The zero-order chi connectivity index (χ0) is 25.8. The molecule has 0 bridgehead atoms. The highest BCUT2D eigenvalue weighted by atomic mass is 16.5. The second kappa shape index (κ2) is 10.5. The molecule has 1 saturated heterocycles. The molecule has 7 nitrogen and oxygen atoms in total. The summed E-state index contributed by atoms with van der Waals surface area (Å²) in [5, 5.41) is 11.4. The molecule has 1 amide bonds.